The maximum absolute atomic E-state index is 11.9. The first kappa shape index (κ1) is 14.8. The minimum Gasteiger partial charge on any atom is -0.356 e. The van der Waals surface area contributed by atoms with Gasteiger partial charge >= 0.3 is 0 Å². The van der Waals surface area contributed by atoms with Gasteiger partial charge in [0.2, 0.25) is 5.91 Å². The molecule has 1 amide bonds. The highest BCUT2D eigenvalue weighted by Gasteiger charge is 2.21. The van der Waals surface area contributed by atoms with Crippen molar-refractivity contribution < 1.29 is 4.79 Å². The number of nitrogens with one attached hydrogen (secondary N) is 1. The van der Waals surface area contributed by atoms with Gasteiger partial charge < -0.3 is 11.1 Å². The van der Waals surface area contributed by atoms with Crippen molar-refractivity contribution in [1.82, 2.24) is 5.32 Å². The lowest BCUT2D eigenvalue weighted by Gasteiger charge is -2.26. The summed E-state index contributed by atoms with van der Waals surface area (Å²) in [7, 11) is 0. The molecule has 2 fully saturated rings. The minimum atomic E-state index is 0.241. The third-order valence-electron chi connectivity index (χ3n) is 4.88. The van der Waals surface area contributed by atoms with E-state index in [0.29, 0.717) is 18.4 Å². The van der Waals surface area contributed by atoms with Crippen molar-refractivity contribution in [3.8, 4) is 0 Å². The van der Waals surface area contributed by atoms with E-state index in [1.54, 1.807) is 0 Å². The normalized spacial score (nSPS) is 28.5. The Labute approximate surface area is 117 Å². The van der Waals surface area contributed by atoms with Crippen LogP contribution in [0.25, 0.3) is 0 Å². The molecule has 19 heavy (non-hydrogen) atoms. The fourth-order valence-electron chi connectivity index (χ4n) is 3.77. The van der Waals surface area contributed by atoms with E-state index in [2.05, 4.69) is 5.32 Å². The number of carbonyl (C=O) groups is 1. The molecule has 2 atom stereocenters. The van der Waals surface area contributed by atoms with Crippen molar-refractivity contribution in [3.05, 3.63) is 0 Å². The quantitative estimate of drug-likeness (QED) is 0.726. The maximum atomic E-state index is 11.9. The zero-order chi connectivity index (χ0) is 13.5. The molecule has 110 valence electrons. The van der Waals surface area contributed by atoms with Crippen LogP contribution < -0.4 is 11.1 Å². The Hall–Kier alpha value is -0.570. The molecule has 2 aliphatic rings. The lowest BCUT2D eigenvalue weighted by Crippen LogP contribution is -2.32. The third kappa shape index (κ3) is 5.52. The van der Waals surface area contributed by atoms with Gasteiger partial charge in [-0.2, -0.15) is 0 Å². The lowest BCUT2D eigenvalue weighted by atomic mass is 9.84. The van der Waals surface area contributed by atoms with Gasteiger partial charge in [-0.3, -0.25) is 4.79 Å². The van der Waals surface area contributed by atoms with Crippen molar-refractivity contribution in [3.63, 3.8) is 0 Å². The highest BCUT2D eigenvalue weighted by Crippen LogP contribution is 2.28. The van der Waals surface area contributed by atoms with Gasteiger partial charge in [-0.1, -0.05) is 32.1 Å². The van der Waals surface area contributed by atoms with Crippen LogP contribution in [0.5, 0.6) is 0 Å². The maximum Gasteiger partial charge on any atom is 0.220 e. The molecule has 0 aromatic carbocycles. The summed E-state index contributed by atoms with van der Waals surface area (Å²) < 4.78 is 0. The smallest absolute Gasteiger partial charge is 0.220 e. The van der Waals surface area contributed by atoms with Gasteiger partial charge in [-0.25, -0.2) is 0 Å². The summed E-state index contributed by atoms with van der Waals surface area (Å²) in [4.78, 5) is 11.9. The Morgan fingerprint density at radius 3 is 2.53 bits per heavy atom. The molecule has 0 bridgehead atoms. The average molecular weight is 266 g/mol. The van der Waals surface area contributed by atoms with E-state index < -0.39 is 0 Å². The van der Waals surface area contributed by atoms with E-state index >= 15 is 0 Å². The summed E-state index contributed by atoms with van der Waals surface area (Å²) in [6.07, 6.45) is 13.4. The fourth-order valence-corrected chi connectivity index (χ4v) is 3.77. The first-order chi connectivity index (χ1) is 9.24. The van der Waals surface area contributed by atoms with Gasteiger partial charge in [-0.15, -0.1) is 0 Å². The number of hydrogen-bond acceptors (Lipinski definition) is 2. The van der Waals surface area contributed by atoms with Gasteiger partial charge in [0.25, 0.3) is 0 Å². The molecule has 0 aromatic heterocycles. The van der Waals surface area contributed by atoms with E-state index in [1.165, 1.54) is 44.9 Å². The summed E-state index contributed by atoms with van der Waals surface area (Å²) in [5.74, 6) is 1.71. The van der Waals surface area contributed by atoms with E-state index in [4.69, 9.17) is 5.73 Å². The topological polar surface area (TPSA) is 55.1 Å². The van der Waals surface area contributed by atoms with Gasteiger partial charge in [0.1, 0.15) is 0 Å². The first-order valence-corrected chi connectivity index (χ1v) is 8.26. The molecular formula is C16H30N2O. The second kappa shape index (κ2) is 7.88. The van der Waals surface area contributed by atoms with Crippen LogP contribution in [-0.2, 0) is 4.79 Å². The summed E-state index contributed by atoms with van der Waals surface area (Å²) >= 11 is 0. The van der Waals surface area contributed by atoms with Gasteiger partial charge in [-0.05, 0) is 43.9 Å². The summed E-state index contributed by atoms with van der Waals surface area (Å²) in [6, 6.07) is 0.328. The Morgan fingerprint density at radius 2 is 1.79 bits per heavy atom. The number of nitrogens with two attached hydrogens (primary N) is 1. The molecule has 0 heterocycles. The van der Waals surface area contributed by atoms with Crippen LogP contribution >= 0.6 is 0 Å². The molecule has 3 heteroatoms. The Bertz CT molecular complexity index is 274. The van der Waals surface area contributed by atoms with Crippen LogP contribution in [0.2, 0.25) is 0 Å². The van der Waals surface area contributed by atoms with E-state index in [-0.39, 0.29) is 5.91 Å². The van der Waals surface area contributed by atoms with Gasteiger partial charge in [0.05, 0.1) is 0 Å². The standard InChI is InChI=1S/C16H30N2O/c17-15-9-3-7-14(11-15)12-16(19)18-10-4-8-13-5-1-2-6-13/h13-15H,1-12,17H2,(H,18,19). The molecule has 0 aliphatic heterocycles. The van der Waals surface area contributed by atoms with Crippen LogP contribution in [0.15, 0.2) is 0 Å². The van der Waals surface area contributed by atoms with E-state index in [1.807, 2.05) is 0 Å². The van der Waals surface area contributed by atoms with Gasteiger partial charge in [0, 0.05) is 19.0 Å². The van der Waals surface area contributed by atoms with Crippen LogP contribution in [0.1, 0.15) is 70.6 Å². The first-order valence-electron chi connectivity index (χ1n) is 8.26. The summed E-state index contributed by atoms with van der Waals surface area (Å²) in [5, 5.41) is 3.09. The van der Waals surface area contributed by atoms with Gasteiger partial charge in [0.15, 0.2) is 0 Å². The van der Waals surface area contributed by atoms with Crippen LogP contribution in [0.3, 0.4) is 0 Å². The Morgan fingerprint density at radius 1 is 1.05 bits per heavy atom. The largest absolute Gasteiger partial charge is 0.356 e. The zero-order valence-corrected chi connectivity index (χ0v) is 12.2. The monoisotopic (exact) mass is 266 g/mol. The predicted molar refractivity (Wildman–Crippen MR) is 78.8 cm³/mol. The molecule has 0 aromatic rings. The van der Waals surface area contributed by atoms with Crippen molar-refractivity contribution in [2.75, 3.05) is 6.54 Å². The Balaban J connectivity index is 1.51. The molecule has 2 unspecified atom stereocenters. The average Bonchev–Trinajstić information content (AvgIpc) is 2.88. The molecule has 2 saturated carbocycles. The van der Waals surface area contributed by atoms with Crippen molar-refractivity contribution >= 4 is 5.91 Å². The number of carbonyl (C=O) groups excluding carboxylic acids is 1. The van der Waals surface area contributed by atoms with Crippen LogP contribution in [-0.4, -0.2) is 18.5 Å². The Kier molecular flexibility index (Phi) is 6.15. The highest BCUT2D eigenvalue weighted by atomic mass is 16.1. The molecule has 3 nitrogen and oxygen atoms in total. The van der Waals surface area contributed by atoms with Crippen LogP contribution in [0, 0.1) is 11.8 Å². The highest BCUT2D eigenvalue weighted by molar-refractivity contribution is 5.76. The van der Waals surface area contributed by atoms with Crippen molar-refractivity contribution in [1.29, 1.82) is 0 Å². The second-order valence-electron chi connectivity index (χ2n) is 6.64. The van der Waals surface area contributed by atoms with Crippen molar-refractivity contribution in [2.24, 2.45) is 17.6 Å². The van der Waals surface area contributed by atoms with Crippen molar-refractivity contribution in [2.45, 2.75) is 76.7 Å². The predicted octanol–water partition coefficient (Wildman–Crippen LogP) is 2.98. The molecule has 0 saturated heterocycles. The van der Waals surface area contributed by atoms with E-state index in [9.17, 15) is 4.79 Å². The second-order valence-corrected chi connectivity index (χ2v) is 6.64. The SMILES string of the molecule is NC1CCCC(CC(=O)NCCCC2CCCC2)C1. The van der Waals surface area contributed by atoms with Crippen LogP contribution in [0.4, 0.5) is 0 Å². The molecule has 2 rings (SSSR count). The number of amides is 1. The zero-order valence-electron chi connectivity index (χ0n) is 12.2. The van der Waals surface area contributed by atoms with E-state index in [0.717, 1.165) is 31.7 Å². The lowest BCUT2D eigenvalue weighted by molar-refractivity contribution is -0.122. The molecular weight excluding hydrogens is 236 g/mol. The minimum absolute atomic E-state index is 0.241. The fraction of sp³-hybridized carbons (Fsp3) is 0.938. The molecule has 3 N–H and O–H groups in total. The molecule has 0 spiro atoms. The molecule has 2 aliphatic carbocycles. The summed E-state index contributed by atoms with van der Waals surface area (Å²) in [6.45, 7) is 0.869. The number of hydrogen-bond donors (Lipinski definition) is 2. The molecule has 0 radical (unpaired) electrons. The summed E-state index contributed by atoms with van der Waals surface area (Å²) in [5.41, 5.74) is 5.96. The third-order valence-corrected chi connectivity index (χ3v) is 4.88. The number of rotatable bonds is 6.